The molecule has 0 unspecified atom stereocenters. The molecule has 0 aliphatic heterocycles. The van der Waals surface area contributed by atoms with Crippen LogP contribution in [0.15, 0.2) is 30.3 Å². The summed E-state index contributed by atoms with van der Waals surface area (Å²) in [7, 11) is 0. The van der Waals surface area contributed by atoms with Crippen molar-refractivity contribution in [3.05, 3.63) is 35.9 Å². The largest absolute Gasteiger partial charge is 0.455 e. The topological polar surface area (TPSA) is 60.4 Å². The van der Waals surface area contributed by atoms with Crippen molar-refractivity contribution in [1.29, 1.82) is 0 Å². The Labute approximate surface area is 112 Å². The lowest BCUT2D eigenvalue weighted by molar-refractivity contribution is -0.152. The highest BCUT2D eigenvalue weighted by Gasteiger charge is 2.16. The van der Waals surface area contributed by atoms with E-state index in [-0.39, 0.29) is 24.4 Å². The normalized spacial score (nSPS) is 11.7. The highest BCUT2D eigenvalue weighted by molar-refractivity contribution is 5.90. The van der Waals surface area contributed by atoms with Gasteiger partial charge in [0.15, 0.2) is 11.9 Å². The van der Waals surface area contributed by atoms with Crippen LogP contribution in [0.1, 0.15) is 32.3 Å². The Morgan fingerprint density at radius 2 is 1.74 bits per heavy atom. The van der Waals surface area contributed by atoms with Crippen molar-refractivity contribution >= 4 is 17.5 Å². The van der Waals surface area contributed by atoms with Crippen molar-refractivity contribution in [2.45, 2.75) is 39.2 Å². The van der Waals surface area contributed by atoms with Crippen molar-refractivity contribution in [1.82, 2.24) is 0 Å². The van der Waals surface area contributed by atoms with Crippen LogP contribution in [0.2, 0.25) is 0 Å². The maximum atomic E-state index is 11.7. The highest BCUT2D eigenvalue weighted by Crippen LogP contribution is 2.06. The van der Waals surface area contributed by atoms with Gasteiger partial charge in [0.25, 0.3) is 0 Å². The van der Waals surface area contributed by atoms with E-state index < -0.39 is 12.1 Å². The van der Waals surface area contributed by atoms with E-state index in [4.69, 9.17) is 4.74 Å². The van der Waals surface area contributed by atoms with Crippen LogP contribution in [0.5, 0.6) is 0 Å². The van der Waals surface area contributed by atoms with E-state index in [1.807, 2.05) is 30.3 Å². The monoisotopic (exact) mass is 262 g/mol. The molecule has 1 atom stereocenters. The molecule has 19 heavy (non-hydrogen) atoms. The molecule has 0 bridgehead atoms. The number of carbonyl (C=O) groups is 3. The van der Waals surface area contributed by atoms with E-state index in [1.165, 1.54) is 13.8 Å². The van der Waals surface area contributed by atoms with Gasteiger partial charge in [-0.3, -0.25) is 14.4 Å². The van der Waals surface area contributed by atoms with Crippen LogP contribution in [-0.4, -0.2) is 23.6 Å². The lowest BCUT2D eigenvalue weighted by Crippen LogP contribution is -2.23. The Kier molecular flexibility index (Phi) is 5.93. The number of rotatable bonds is 7. The lowest BCUT2D eigenvalue weighted by Gasteiger charge is -2.10. The molecule has 4 heteroatoms. The first kappa shape index (κ1) is 15.1. The molecule has 0 aliphatic rings. The van der Waals surface area contributed by atoms with E-state index >= 15 is 0 Å². The summed E-state index contributed by atoms with van der Waals surface area (Å²) in [6.07, 6.45) is -0.155. The summed E-state index contributed by atoms with van der Waals surface area (Å²) in [4.78, 5) is 34.0. The maximum Gasteiger partial charge on any atom is 0.303 e. The van der Waals surface area contributed by atoms with Crippen molar-refractivity contribution < 1.29 is 19.1 Å². The molecule has 0 saturated carbocycles. The standard InChI is InChI=1S/C15H18O4/c1-11(19-12(2)16)15(18)9-8-14(17)10-13-6-4-3-5-7-13/h3-7,11H,8-10H2,1-2H3/t11-/m0/s1. The molecule has 0 amide bonds. The van der Waals surface area contributed by atoms with E-state index in [1.54, 1.807) is 0 Å². The molecule has 102 valence electrons. The summed E-state index contributed by atoms with van der Waals surface area (Å²) in [5.41, 5.74) is 0.938. The number of hydrogen-bond donors (Lipinski definition) is 0. The van der Waals surface area contributed by atoms with Crippen LogP contribution in [0.3, 0.4) is 0 Å². The van der Waals surface area contributed by atoms with Gasteiger partial charge >= 0.3 is 5.97 Å². The van der Waals surface area contributed by atoms with Crippen LogP contribution < -0.4 is 0 Å². The summed E-state index contributed by atoms with van der Waals surface area (Å²) in [6.45, 7) is 2.77. The molecule has 1 rings (SSSR count). The van der Waals surface area contributed by atoms with Gasteiger partial charge in [-0.25, -0.2) is 0 Å². The average molecular weight is 262 g/mol. The molecule has 0 N–H and O–H groups in total. The SMILES string of the molecule is CC(=O)O[C@@H](C)C(=O)CCC(=O)Cc1ccccc1. The molecule has 0 aromatic heterocycles. The molecule has 1 aromatic carbocycles. The van der Waals surface area contributed by atoms with Crippen molar-refractivity contribution in [3.8, 4) is 0 Å². The Morgan fingerprint density at radius 1 is 1.11 bits per heavy atom. The van der Waals surface area contributed by atoms with Gasteiger partial charge in [0.2, 0.25) is 0 Å². The zero-order valence-corrected chi connectivity index (χ0v) is 11.2. The Morgan fingerprint density at radius 3 is 2.32 bits per heavy atom. The zero-order valence-electron chi connectivity index (χ0n) is 11.2. The van der Waals surface area contributed by atoms with Gasteiger partial charge in [-0.05, 0) is 12.5 Å². The van der Waals surface area contributed by atoms with Crippen molar-refractivity contribution in [2.75, 3.05) is 0 Å². The van der Waals surface area contributed by atoms with Gasteiger partial charge in [-0.2, -0.15) is 0 Å². The van der Waals surface area contributed by atoms with E-state index in [9.17, 15) is 14.4 Å². The fraction of sp³-hybridized carbons (Fsp3) is 0.400. The second kappa shape index (κ2) is 7.46. The summed E-state index contributed by atoms with van der Waals surface area (Å²) in [5.74, 6) is -0.706. The highest BCUT2D eigenvalue weighted by atomic mass is 16.5. The van der Waals surface area contributed by atoms with E-state index in [0.29, 0.717) is 6.42 Å². The molecule has 0 heterocycles. The van der Waals surface area contributed by atoms with Gasteiger partial charge in [0.05, 0.1) is 0 Å². The fourth-order valence-electron chi connectivity index (χ4n) is 1.69. The van der Waals surface area contributed by atoms with Crippen LogP contribution in [0.4, 0.5) is 0 Å². The van der Waals surface area contributed by atoms with Gasteiger partial charge in [-0.15, -0.1) is 0 Å². The summed E-state index contributed by atoms with van der Waals surface area (Å²) < 4.78 is 4.76. The third-order valence-electron chi connectivity index (χ3n) is 2.69. The van der Waals surface area contributed by atoms with Crippen LogP contribution in [0.25, 0.3) is 0 Å². The predicted molar refractivity (Wildman–Crippen MR) is 70.6 cm³/mol. The minimum atomic E-state index is -0.776. The average Bonchev–Trinajstić information content (AvgIpc) is 2.36. The molecule has 0 fully saturated rings. The second-order valence-electron chi connectivity index (χ2n) is 4.42. The molecule has 1 aromatic rings. The number of carbonyl (C=O) groups excluding carboxylic acids is 3. The molecule has 0 radical (unpaired) electrons. The number of ketones is 2. The maximum absolute atomic E-state index is 11.7. The van der Waals surface area contributed by atoms with Gasteiger partial charge in [-0.1, -0.05) is 30.3 Å². The third kappa shape index (κ3) is 5.95. The molecule has 4 nitrogen and oxygen atoms in total. The Bertz CT molecular complexity index is 450. The number of benzene rings is 1. The number of Topliss-reactive ketones (excluding diaryl/α,β-unsaturated/α-hetero) is 2. The smallest absolute Gasteiger partial charge is 0.303 e. The summed E-state index contributed by atoms with van der Waals surface area (Å²) in [5, 5.41) is 0. The van der Waals surface area contributed by atoms with Crippen molar-refractivity contribution in [3.63, 3.8) is 0 Å². The fourth-order valence-corrected chi connectivity index (χ4v) is 1.69. The third-order valence-corrected chi connectivity index (χ3v) is 2.69. The number of ether oxygens (including phenoxy) is 1. The van der Waals surface area contributed by atoms with Crippen LogP contribution >= 0.6 is 0 Å². The van der Waals surface area contributed by atoms with E-state index in [0.717, 1.165) is 5.56 Å². The predicted octanol–water partition coefficient (Wildman–Crippen LogP) is 2.10. The summed E-state index contributed by atoms with van der Waals surface area (Å²) >= 11 is 0. The van der Waals surface area contributed by atoms with Crippen molar-refractivity contribution in [2.24, 2.45) is 0 Å². The first-order valence-electron chi connectivity index (χ1n) is 6.24. The quantitative estimate of drug-likeness (QED) is 0.706. The number of hydrogen-bond acceptors (Lipinski definition) is 4. The summed E-state index contributed by atoms with van der Waals surface area (Å²) in [6, 6.07) is 9.38. The molecular formula is C15H18O4. The molecule has 0 saturated heterocycles. The first-order valence-corrected chi connectivity index (χ1v) is 6.24. The minimum Gasteiger partial charge on any atom is -0.455 e. The second-order valence-corrected chi connectivity index (χ2v) is 4.42. The minimum absolute atomic E-state index is 0.00887. The lowest BCUT2D eigenvalue weighted by atomic mass is 10.0. The molecule has 0 aliphatic carbocycles. The molecule has 0 spiro atoms. The molecular weight excluding hydrogens is 244 g/mol. The van der Waals surface area contributed by atoms with Crippen LogP contribution in [-0.2, 0) is 25.5 Å². The van der Waals surface area contributed by atoms with Crippen LogP contribution in [0, 0.1) is 0 Å². The van der Waals surface area contributed by atoms with E-state index in [2.05, 4.69) is 0 Å². The van der Waals surface area contributed by atoms with Gasteiger partial charge in [0, 0.05) is 26.2 Å². The zero-order chi connectivity index (χ0) is 14.3. The van der Waals surface area contributed by atoms with Gasteiger partial charge in [0.1, 0.15) is 5.78 Å². The Balaban J connectivity index is 2.34. The van der Waals surface area contributed by atoms with Gasteiger partial charge < -0.3 is 4.74 Å². The number of esters is 1. The first-order chi connectivity index (χ1) is 8.99. The Hall–Kier alpha value is -1.97.